The number of fused-ring (bicyclic) bond motifs is 1. The largest absolute Gasteiger partial charge is 0.340 e. The molecular weight excluding hydrogens is 544 g/mol. The Labute approximate surface area is 234 Å². The molecule has 8 nitrogen and oxygen atoms in total. The Bertz CT molecular complexity index is 1840. The molecule has 0 unspecified atom stereocenters. The predicted molar refractivity (Wildman–Crippen MR) is 158 cm³/mol. The lowest BCUT2D eigenvalue weighted by atomic mass is 10.0. The van der Waals surface area contributed by atoms with E-state index in [1.807, 2.05) is 42.5 Å². The molecule has 0 saturated heterocycles. The minimum atomic E-state index is -3.60. The Morgan fingerprint density at radius 2 is 1.40 bits per heavy atom. The van der Waals surface area contributed by atoms with Gasteiger partial charge in [-0.15, -0.1) is 0 Å². The zero-order chi connectivity index (χ0) is 28.2. The number of anilines is 2. The van der Waals surface area contributed by atoms with Crippen LogP contribution in [0.3, 0.4) is 0 Å². The number of benzene rings is 4. The highest BCUT2D eigenvalue weighted by Gasteiger charge is 2.17. The molecule has 0 atom stereocenters. The molecule has 0 aliphatic carbocycles. The summed E-state index contributed by atoms with van der Waals surface area (Å²) in [5.74, 6) is 0.717. The lowest BCUT2D eigenvalue weighted by Gasteiger charge is -2.11. The first kappa shape index (κ1) is 27.4. The van der Waals surface area contributed by atoms with E-state index >= 15 is 0 Å². The molecule has 0 aliphatic heterocycles. The standard InChI is InChI=1S/C30H28N4O4S2/c1-39(35,36)18-17-31-20-22-7-9-23(10-8-22)24-11-16-29-28(19-24)30(33-21-32-29)34-25-12-14-27(15-13-25)40(37,38)26-5-3-2-4-6-26/h2-16,19,21,31H,17-18,20H2,1H3,(H,32,33,34). The normalized spacial score (nSPS) is 11.9. The van der Waals surface area contributed by atoms with Crippen LogP contribution in [0.2, 0.25) is 0 Å². The van der Waals surface area contributed by atoms with Crippen LogP contribution >= 0.6 is 0 Å². The molecule has 0 fully saturated rings. The zero-order valence-electron chi connectivity index (χ0n) is 21.8. The number of hydrogen-bond acceptors (Lipinski definition) is 8. The Kier molecular flexibility index (Phi) is 7.92. The molecule has 10 heteroatoms. The van der Waals surface area contributed by atoms with Gasteiger partial charge >= 0.3 is 0 Å². The van der Waals surface area contributed by atoms with Gasteiger partial charge in [0.25, 0.3) is 0 Å². The second kappa shape index (κ2) is 11.5. The maximum atomic E-state index is 12.9. The van der Waals surface area contributed by atoms with Crippen molar-refractivity contribution in [2.24, 2.45) is 0 Å². The Balaban J connectivity index is 1.33. The molecule has 1 aromatic heterocycles. The highest BCUT2D eigenvalue weighted by molar-refractivity contribution is 7.91. The molecule has 204 valence electrons. The number of rotatable bonds is 10. The van der Waals surface area contributed by atoms with Crippen molar-refractivity contribution in [1.82, 2.24) is 15.3 Å². The summed E-state index contributed by atoms with van der Waals surface area (Å²) < 4.78 is 48.4. The lowest BCUT2D eigenvalue weighted by molar-refractivity contribution is 0.594. The van der Waals surface area contributed by atoms with Crippen LogP contribution < -0.4 is 10.6 Å². The number of nitrogens with one attached hydrogen (secondary N) is 2. The second-order valence-corrected chi connectivity index (χ2v) is 13.6. The smallest absolute Gasteiger partial charge is 0.206 e. The van der Waals surface area contributed by atoms with Crippen molar-refractivity contribution in [1.29, 1.82) is 0 Å². The fourth-order valence-corrected chi connectivity index (χ4v) is 6.03. The van der Waals surface area contributed by atoms with Crippen molar-refractivity contribution in [3.8, 4) is 11.1 Å². The van der Waals surface area contributed by atoms with Crippen molar-refractivity contribution in [3.05, 3.63) is 109 Å². The molecule has 0 saturated carbocycles. The molecule has 0 spiro atoms. The van der Waals surface area contributed by atoms with Crippen LogP contribution in [0.15, 0.2) is 113 Å². The van der Waals surface area contributed by atoms with E-state index in [1.54, 1.807) is 54.6 Å². The van der Waals surface area contributed by atoms with Crippen LogP contribution in [0.4, 0.5) is 11.5 Å². The Hall–Kier alpha value is -4.12. The maximum absolute atomic E-state index is 12.9. The molecule has 0 radical (unpaired) electrons. The van der Waals surface area contributed by atoms with E-state index in [1.165, 1.54) is 12.6 Å². The molecule has 1 heterocycles. The van der Waals surface area contributed by atoms with E-state index in [-0.39, 0.29) is 15.5 Å². The van der Waals surface area contributed by atoms with Crippen molar-refractivity contribution in [3.63, 3.8) is 0 Å². The van der Waals surface area contributed by atoms with Crippen LogP contribution in [-0.2, 0) is 26.2 Å². The maximum Gasteiger partial charge on any atom is 0.206 e. The molecule has 5 aromatic rings. The number of sulfone groups is 2. The van der Waals surface area contributed by atoms with Gasteiger partial charge in [0.2, 0.25) is 9.84 Å². The average Bonchev–Trinajstić information content (AvgIpc) is 2.96. The SMILES string of the molecule is CS(=O)(=O)CCNCc1ccc(-c2ccc3ncnc(Nc4ccc(S(=O)(=O)c5ccccc5)cc4)c3c2)cc1. The van der Waals surface area contributed by atoms with E-state index < -0.39 is 19.7 Å². The Morgan fingerprint density at radius 1 is 0.725 bits per heavy atom. The van der Waals surface area contributed by atoms with Crippen molar-refractivity contribution in [2.45, 2.75) is 16.3 Å². The fourth-order valence-electron chi connectivity index (χ4n) is 4.23. The van der Waals surface area contributed by atoms with Crippen LogP contribution in [0, 0.1) is 0 Å². The first-order chi connectivity index (χ1) is 19.2. The summed E-state index contributed by atoms with van der Waals surface area (Å²) in [6.07, 6.45) is 2.72. The summed E-state index contributed by atoms with van der Waals surface area (Å²) in [4.78, 5) is 9.29. The molecule has 4 aromatic carbocycles. The third kappa shape index (κ3) is 6.53. The van der Waals surface area contributed by atoms with E-state index in [4.69, 9.17) is 0 Å². The topological polar surface area (TPSA) is 118 Å². The first-order valence-corrected chi connectivity index (χ1v) is 16.1. The third-order valence-electron chi connectivity index (χ3n) is 6.38. The van der Waals surface area contributed by atoms with Crippen LogP contribution in [0.1, 0.15) is 5.56 Å². The fraction of sp³-hybridized carbons (Fsp3) is 0.133. The van der Waals surface area contributed by atoms with E-state index in [0.717, 1.165) is 27.6 Å². The summed E-state index contributed by atoms with van der Waals surface area (Å²) in [5, 5.41) is 7.28. The number of nitrogens with zero attached hydrogens (tertiary/aromatic N) is 2. The summed E-state index contributed by atoms with van der Waals surface area (Å²) in [7, 11) is -6.58. The van der Waals surface area contributed by atoms with Gasteiger partial charge in [0, 0.05) is 30.4 Å². The third-order valence-corrected chi connectivity index (χ3v) is 9.11. The molecular formula is C30H28N4O4S2. The highest BCUT2D eigenvalue weighted by atomic mass is 32.2. The molecule has 2 N–H and O–H groups in total. The summed E-state index contributed by atoms with van der Waals surface area (Å²) in [5.41, 5.74) is 4.54. The molecule has 5 rings (SSSR count). The van der Waals surface area contributed by atoms with Crippen molar-refractivity contribution < 1.29 is 16.8 Å². The predicted octanol–water partition coefficient (Wildman–Crippen LogP) is 5.01. The number of aromatic nitrogens is 2. The molecule has 0 bridgehead atoms. The van der Waals surface area contributed by atoms with Crippen molar-refractivity contribution >= 4 is 42.1 Å². The van der Waals surface area contributed by atoms with Gasteiger partial charge in [-0.05, 0) is 65.2 Å². The molecule has 0 aliphatic rings. The highest BCUT2D eigenvalue weighted by Crippen LogP contribution is 2.29. The van der Waals surface area contributed by atoms with Gasteiger partial charge in [0.05, 0.1) is 21.1 Å². The molecule has 0 amide bonds. The molecule has 40 heavy (non-hydrogen) atoms. The van der Waals surface area contributed by atoms with Gasteiger partial charge in [0.1, 0.15) is 22.0 Å². The van der Waals surface area contributed by atoms with Crippen LogP contribution in [0.25, 0.3) is 22.0 Å². The first-order valence-electron chi connectivity index (χ1n) is 12.6. The van der Waals surface area contributed by atoms with Gasteiger partial charge in [-0.1, -0.05) is 48.5 Å². The van der Waals surface area contributed by atoms with Gasteiger partial charge in [0.15, 0.2) is 0 Å². The van der Waals surface area contributed by atoms with E-state index in [9.17, 15) is 16.8 Å². The van der Waals surface area contributed by atoms with Gasteiger partial charge in [-0.25, -0.2) is 26.8 Å². The summed E-state index contributed by atoms with van der Waals surface area (Å²) >= 11 is 0. The summed E-state index contributed by atoms with van der Waals surface area (Å²) in [6, 6.07) is 29.0. The van der Waals surface area contributed by atoms with Crippen LogP contribution in [0.5, 0.6) is 0 Å². The van der Waals surface area contributed by atoms with E-state index in [0.29, 0.717) is 24.6 Å². The quantitative estimate of drug-likeness (QED) is 0.224. The van der Waals surface area contributed by atoms with Gasteiger partial charge < -0.3 is 10.6 Å². The monoisotopic (exact) mass is 572 g/mol. The van der Waals surface area contributed by atoms with Crippen LogP contribution in [-0.4, -0.2) is 45.4 Å². The Morgan fingerprint density at radius 3 is 2.10 bits per heavy atom. The van der Waals surface area contributed by atoms with Gasteiger partial charge in [-0.3, -0.25) is 0 Å². The zero-order valence-corrected chi connectivity index (χ0v) is 23.4. The van der Waals surface area contributed by atoms with Gasteiger partial charge in [-0.2, -0.15) is 0 Å². The lowest BCUT2D eigenvalue weighted by Crippen LogP contribution is -2.21. The summed E-state index contributed by atoms with van der Waals surface area (Å²) in [6.45, 7) is 0.994. The number of hydrogen-bond donors (Lipinski definition) is 2. The second-order valence-electron chi connectivity index (χ2n) is 9.42. The minimum Gasteiger partial charge on any atom is -0.340 e. The minimum absolute atomic E-state index is 0.109. The average molecular weight is 573 g/mol. The van der Waals surface area contributed by atoms with E-state index in [2.05, 4.69) is 20.6 Å². The van der Waals surface area contributed by atoms with Crippen molar-refractivity contribution in [2.75, 3.05) is 23.9 Å².